The molecule has 1 saturated heterocycles. The van der Waals surface area contributed by atoms with Gasteiger partial charge in [0.15, 0.2) is 0 Å². The molecule has 16 heavy (non-hydrogen) atoms. The van der Waals surface area contributed by atoms with Gasteiger partial charge < -0.3 is 15.8 Å². The Labute approximate surface area is 95.2 Å². The molecule has 1 saturated carbocycles. The van der Waals surface area contributed by atoms with E-state index in [9.17, 15) is 0 Å². The number of aromatic nitrogens is 1. The van der Waals surface area contributed by atoms with Gasteiger partial charge in [0.2, 0.25) is 0 Å². The monoisotopic (exact) mass is 219 g/mol. The summed E-state index contributed by atoms with van der Waals surface area (Å²) < 4.78 is 5.68. The highest BCUT2D eigenvalue weighted by atomic mass is 16.5. The van der Waals surface area contributed by atoms with Crippen LogP contribution < -0.4 is 11.1 Å². The predicted molar refractivity (Wildman–Crippen MR) is 62.2 cm³/mol. The van der Waals surface area contributed by atoms with Gasteiger partial charge in [0.25, 0.3) is 0 Å². The van der Waals surface area contributed by atoms with E-state index in [1.165, 1.54) is 0 Å². The van der Waals surface area contributed by atoms with Crippen molar-refractivity contribution in [3.63, 3.8) is 0 Å². The highest BCUT2D eigenvalue weighted by molar-refractivity contribution is 5.46. The van der Waals surface area contributed by atoms with E-state index in [0.717, 1.165) is 24.4 Å². The van der Waals surface area contributed by atoms with E-state index in [4.69, 9.17) is 10.5 Å². The van der Waals surface area contributed by atoms with Crippen LogP contribution in [0.4, 0.5) is 5.69 Å². The molecule has 2 fully saturated rings. The lowest BCUT2D eigenvalue weighted by Crippen LogP contribution is -2.65. The third-order valence-corrected chi connectivity index (χ3v) is 3.68. The minimum absolute atomic E-state index is 0.223. The molecular formula is C12H17N3O. The van der Waals surface area contributed by atoms with E-state index in [0.29, 0.717) is 12.0 Å². The lowest BCUT2D eigenvalue weighted by Gasteiger charge is -2.46. The molecule has 3 N–H and O–H groups in total. The maximum absolute atomic E-state index is 6.14. The third kappa shape index (κ3) is 1.49. The largest absolute Gasteiger partial charge is 0.378 e. The fraction of sp³-hybridized carbons (Fsp3) is 0.583. The molecule has 1 aliphatic heterocycles. The van der Waals surface area contributed by atoms with Crippen molar-refractivity contribution >= 4 is 5.69 Å². The maximum Gasteiger partial charge on any atom is 0.0835 e. The van der Waals surface area contributed by atoms with Crippen LogP contribution in [0.5, 0.6) is 0 Å². The van der Waals surface area contributed by atoms with Crippen molar-refractivity contribution in [2.75, 3.05) is 11.9 Å². The number of ether oxygens (including phenoxy) is 1. The van der Waals surface area contributed by atoms with Crippen LogP contribution in [-0.2, 0) is 4.74 Å². The van der Waals surface area contributed by atoms with Gasteiger partial charge in [-0.2, -0.15) is 0 Å². The van der Waals surface area contributed by atoms with Gasteiger partial charge in [0.1, 0.15) is 0 Å². The average Bonchev–Trinajstić information content (AvgIpc) is 2.70. The van der Waals surface area contributed by atoms with Crippen molar-refractivity contribution < 1.29 is 4.74 Å². The number of hydrogen-bond acceptors (Lipinski definition) is 4. The Kier molecular flexibility index (Phi) is 2.33. The van der Waals surface area contributed by atoms with Gasteiger partial charge >= 0.3 is 0 Å². The molecule has 86 valence electrons. The SMILES string of the molecule is Cc1cc(NC2C(N)C3CCOC32)ccn1. The van der Waals surface area contributed by atoms with Crippen LogP contribution in [0, 0.1) is 12.8 Å². The lowest BCUT2D eigenvalue weighted by molar-refractivity contribution is 0.00537. The summed E-state index contributed by atoms with van der Waals surface area (Å²) in [5.74, 6) is 0.556. The van der Waals surface area contributed by atoms with Crippen LogP contribution in [-0.4, -0.2) is 29.8 Å². The fourth-order valence-corrected chi connectivity index (χ4v) is 2.76. The van der Waals surface area contributed by atoms with Crippen LogP contribution in [0.3, 0.4) is 0 Å². The Bertz CT molecular complexity index is 396. The smallest absolute Gasteiger partial charge is 0.0835 e. The van der Waals surface area contributed by atoms with Crippen molar-refractivity contribution in [2.24, 2.45) is 11.7 Å². The van der Waals surface area contributed by atoms with Crippen LogP contribution in [0.15, 0.2) is 18.3 Å². The van der Waals surface area contributed by atoms with Crippen LogP contribution in [0.25, 0.3) is 0 Å². The molecule has 4 atom stereocenters. The highest BCUT2D eigenvalue weighted by Gasteiger charge is 2.52. The molecule has 4 nitrogen and oxygen atoms in total. The maximum atomic E-state index is 6.14. The zero-order valence-electron chi connectivity index (χ0n) is 9.39. The van der Waals surface area contributed by atoms with Crippen molar-refractivity contribution in [3.8, 4) is 0 Å². The normalized spacial score (nSPS) is 36.6. The summed E-state index contributed by atoms with van der Waals surface area (Å²) in [5, 5.41) is 3.45. The van der Waals surface area contributed by atoms with Gasteiger partial charge in [-0.15, -0.1) is 0 Å². The van der Waals surface area contributed by atoms with E-state index in [2.05, 4.69) is 10.3 Å². The summed E-state index contributed by atoms with van der Waals surface area (Å²) >= 11 is 0. The zero-order chi connectivity index (χ0) is 11.1. The van der Waals surface area contributed by atoms with E-state index in [-0.39, 0.29) is 12.1 Å². The Morgan fingerprint density at radius 3 is 3.25 bits per heavy atom. The van der Waals surface area contributed by atoms with Crippen molar-refractivity contribution in [3.05, 3.63) is 24.0 Å². The van der Waals surface area contributed by atoms with Gasteiger partial charge in [-0.3, -0.25) is 4.98 Å². The summed E-state index contributed by atoms with van der Waals surface area (Å²) in [7, 11) is 0. The molecule has 2 aliphatic rings. The number of anilines is 1. The molecule has 0 amide bonds. The second-order valence-electron chi connectivity index (χ2n) is 4.72. The first-order valence-corrected chi connectivity index (χ1v) is 5.82. The molecule has 1 aromatic heterocycles. The van der Waals surface area contributed by atoms with Crippen LogP contribution in [0.1, 0.15) is 12.1 Å². The van der Waals surface area contributed by atoms with Gasteiger partial charge in [-0.1, -0.05) is 0 Å². The Morgan fingerprint density at radius 1 is 1.56 bits per heavy atom. The zero-order valence-corrected chi connectivity index (χ0v) is 9.39. The first-order valence-electron chi connectivity index (χ1n) is 5.82. The van der Waals surface area contributed by atoms with E-state index in [1.54, 1.807) is 0 Å². The summed E-state index contributed by atoms with van der Waals surface area (Å²) in [4.78, 5) is 4.17. The molecule has 0 bridgehead atoms. The fourth-order valence-electron chi connectivity index (χ4n) is 2.76. The number of nitrogens with two attached hydrogens (primary N) is 1. The number of pyridine rings is 1. The van der Waals surface area contributed by atoms with E-state index < -0.39 is 0 Å². The van der Waals surface area contributed by atoms with Gasteiger partial charge in [-0.05, 0) is 25.5 Å². The quantitative estimate of drug-likeness (QED) is 0.776. The molecule has 4 unspecified atom stereocenters. The standard InChI is InChI=1S/C12H17N3O/c1-7-6-8(2-4-14-7)15-11-10(13)9-3-5-16-12(9)11/h2,4,6,9-12H,3,5,13H2,1H3,(H,14,15). The summed E-state index contributed by atoms with van der Waals surface area (Å²) in [6.45, 7) is 2.84. The van der Waals surface area contributed by atoms with E-state index >= 15 is 0 Å². The third-order valence-electron chi connectivity index (χ3n) is 3.68. The van der Waals surface area contributed by atoms with Crippen molar-refractivity contribution in [2.45, 2.75) is 31.5 Å². The highest BCUT2D eigenvalue weighted by Crippen LogP contribution is 2.39. The first-order chi connectivity index (χ1) is 7.75. The number of aryl methyl sites for hydroxylation is 1. The molecule has 0 spiro atoms. The Morgan fingerprint density at radius 2 is 2.44 bits per heavy atom. The molecule has 1 aromatic rings. The minimum Gasteiger partial charge on any atom is -0.378 e. The lowest BCUT2D eigenvalue weighted by atomic mass is 9.72. The molecule has 2 heterocycles. The van der Waals surface area contributed by atoms with Gasteiger partial charge in [-0.25, -0.2) is 0 Å². The van der Waals surface area contributed by atoms with Crippen molar-refractivity contribution in [1.82, 2.24) is 4.98 Å². The second-order valence-corrected chi connectivity index (χ2v) is 4.72. The summed E-state index contributed by atoms with van der Waals surface area (Å²) in [5.41, 5.74) is 8.24. The predicted octanol–water partition coefficient (Wildman–Crippen LogP) is 0.917. The van der Waals surface area contributed by atoms with Gasteiger partial charge in [0, 0.05) is 36.1 Å². The Balaban J connectivity index is 1.71. The number of hydrogen-bond donors (Lipinski definition) is 2. The number of fused-ring (bicyclic) bond motifs is 1. The molecular weight excluding hydrogens is 202 g/mol. The number of rotatable bonds is 2. The molecule has 4 heteroatoms. The van der Waals surface area contributed by atoms with Gasteiger partial charge in [0.05, 0.1) is 12.1 Å². The average molecular weight is 219 g/mol. The van der Waals surface area contributed by atoms with Crippen molar-refractivity contribution in [1.29, 1.82) is 0 Å². The topological polar surface area (TPSA) is 60.2 Å². The van der Waals surface area contributed by atoms with Crippen LogP contribution in [0.2, 0.25) is 0 Å². The number of nitrogens with one attached hydrogen (secondary N) is 1. The molecule has 0 radical (unpaired) electrons. The first kappa shape index (κ1) is 10.1. The molecule has 1 aliphatic carbocycles. The second kappa shape index (κ2) is 3.71. The summed E-state index contributed by atoms with van der Waals surface area (Å²) in [6, 6.07) is 4.49. The van der Waals surface area contributed by atoms with E-state index in [1.807, 2.05) is 25.3 Å². The minimum atomic E-state index is 0.223. The number of nitrogens with zero attached hydrogens (tertiary/aromatic N) is 1. The molecule has 3 rings (SSSR count). The Hall–Kier alpha value is -1.13. The summed E-state index contributed by atoms with van der Waals surface area (Å²) in [6.07, 6.45) is 3.23. The molecule has 0 aromatic carbocycles. The van der Waals surface area contributed by atoms with Crippen LogP contribution >= 0.6 is 0 Å².